The van der Waals surface area contributed by atoms with E-state index in [2.05, 4.69) is 10.3 Å². The third-order valence-electron chi connectivity index (χ3n) is 1.71. The predicted octanol–water partition coefficient (Wildman–Crippen LogP) is -0.282. The Labute approximate surface area is 81.6 Å². The molecule has 0 aliphatic rings. The molecule has 0 atom stereocenters. The van der Waals surface area contributed by atoms with Crippen molar-refractivity contribution in [2.45, 2.75) is 6.04 Å². The van der Waals surface area contributed by atoms with Crippen molar-refractivity contribution in [3.63, 3.8) is 0 Å². The zero-order chi connectivity index (χ0) is 10.4. The Morgan fingerprint density at radius 2 is 2.21 bits per heavy atom. The lowest BCUT2D eigenvalue weighted by atomic mass is 10.2. The quantitative estimate of drug-likeness (QED) is 0.612. The van der Waals surface area contributed by atoms with Crippen LogP contribution in [-0.2, 0) is 0 Å². The van der Waals surface area contributed by atoms with Crippen LogP contribution >= 0.6 is 0 Å². The van der Waals surface area contributed by atoms with Crippen LogP contribution in [0.4, 0.5) is 5.82 Å². The molecule has 1 aromatic heterocycles. The molecular formula is C9H11N3O2. The minimum atomic E-state index is -0.489. The van der Waals surface area contributed by atoms with Crippen LogP contribution in [0.25, 0.3) is 0 Å². The van der Waals surface area contributed by atoms with Gasteiger partial charge in [0.1, 0.15) is 11.9 Å². The van der Waals surface area contributed by atoms with Crippen molar-refractivity contribution in [2.24, 2.45) is 0 Å². The fourth-order valence-electron chi connectivity index (χ4n) is 0.953. The molecule has 1 heterocycles. The van der Waals surface area contributed by atoms with Gasteiger partial charge in [-0.15, -0.1) is 0 Å². The summed E-state index contributed by atoms with van der Waals surface area (Å²) in [5.74, 6) is 0.378. The zero-order valence-electron chi connectivity index (χ0n) is 7.51. The number of nitrogens with one attached hydrogen (secondary N) is 1. The van der Waals surface area contributed by atoms with Gasteiger partial charge in [-0.3, -0.25) is 0 Å². The number of nitrogens with zero attached hydrogens (tertiary/aromatic N) is 2. The molecule has 0 aliphatic carbocycles. The van der Waals surface area contributed by atoms with Crippen LogP contribution in [0.15, 0.2) is 18.3 Å². The highest BCUT2D eigenvalue weighted by Crippen LogP contribution is 2.10. The number of rotatable bonds is 4. The Morgan fingerprint density at radius 1 is 1.50 bits per heavy atom. The van der Waals surface area contributed by atoms with Gasteiger partial charge in [0, 0.05) is 6.20 Å². The maximum atomic E-state index is 8.82. The molecule has 5 nitrogen and oxygen atoms in total. The second kappa shape index (κ2) is 5.17. The smallest absolute Gasteiger partial charge is 0.144 e. The predicted molar refractivity (Wildman–Crippen MR) is 50.5 cm³/mol. The number of hydrogen-bond donors (Lipinski definition) is 3. The van der Waals surface area contributed by atoms with Gasteiger partial charge in [-0.05, 0) is 12.1 Å². The van der Waals surface area contributed by atoms with Gasteiger partial charge >= 0.3 is 0 Å². The molecule has 0 saturated heterocycles. The highest BCUT2D eigenvalue weighted by molar-refractivity contribution is 5.51. The number of hydrogen-bond acceptors (Lipinski definition) is 5. The van der Waals surface area contributed by atoms with Gasteiger partial charge in [-0.2, -0.15) is 5.26 Å². The van der Waals surface area contributed by atoms with Gasteiger partial charge in [0.15, 0.2) is 0 Å². The Morgan fingerprint density at radius 3 is 2.79 bits per heavy atom. The Bertz CT molecular complexity index is 331. The molecule has 0 amide bonds. The van der Waals surface area contributed by atoms with Crippen LogP contribution in [0.2, 0.25) is 0 Å². The van der Waals surface area contributed by atoms with Crippen LogP contribution in [0.3, 0.4) is 0 Å². The maximum absolute atomic E-state index is 8.82. The fourth-order valence-corrected chi connectivity index (χ4v) is 0.953. The largest absolute Gasteiger partial charge is 0.394 e. The topological polar surface area (TPSA) is 89.2 Å². The molecule has 0 spiro atoms. The number of aliphatic hydroxyl groups is 2. The van der Waals surface area contributed by atoms with E-state index in [1.54, 1.807) is 12.1 Å². The SMILES string of the molecule is N#Cc1cccnc1NC(CO)CO. The third kappa shape index (κ3) is 2.42. The summed E-state index contributed by atoms with van der Waals surface area (Å²) in [6.07, 6.45) is 1.54. The molecule has 0 saturated carbocycles. The second-order valence-electron chi connectivity index (χ2n) is 2.72. The molecule has 1 aromatic rings. The highest BCUT2D eigenvalue weighted by Gasteiger charge is 2.08. The van der Waals surface area contributed by atoms with Crippen LogP contribution < -0.4 is 5.32 Å². The third-order valence-corrected chi connectivity index (χ3v) is 1.71. The van der Waals surface area contributed by atoms with Crippen molar-refractivity contribution >= 4 is 5.82 Å². The average Bonchev–Trinajstić information content (AvgIpc) is 2.26. The lowest BCUT2D eigenvalue weighted by molar-refractivity contribution is 0.203. The lowest BCUT2D eigenvalue weighted by Crippen LogP contribution is -2.28. The van der Waals surface area contributed by atoms with E-state index in [9.17, 15) is 0 Å². The number of aromatic nitrogens is 1. The van der Waals surface area contributed by atoms with E-state index in [0.717, 1.165) is 0 Å². The van der Waals surface area contributed by atoms with Crippen molar-refractivity contribution in [3.8, 4) is 6.07 Å². The Kier molecular flexibility index (Phi) is 3.85. The van der Waals surface area contributed by atoms with Crippen molar-refractivity contribution in [2.75, 3.05) is 18.5 Å². The van der Waals surface area contributed by atoms with Crippen LogP contribution in [0.1, 0.15) is 5.56 Å². The van der Waals surface area contributed by atoms with Crippen LogP contribution in [-0.4, -0.2) is 34.5 Å². The molecule has 5 heteroatoms. The van der Waals surface area contributed by atoms with Gasteiger partial charge in [-0.25, -0.2) is 4.98 Å². The molecule has 0 unspecified atom stereocenters. The van der Waals surface area contributed by atoms with Crippen molar-refractivity contribution in [3.05, 3.63) is 23.9 Å². The Balaban J connectivity index is 2.80. The molecule has 0 fully saturated rings. The first-order chi connectivity index (χ1) is 6.81. The normalized spacial score (nSPS) is 9.86. The maximum Gasteiger partial charge on any atom is 0.144 e. The summed E-state index contributed by atoms with van der Waals surface area (Å²) in [6, 6.07) is 4.73. The van der Waals surface area contributed by atoms with E-state index in [1.807, 2.05) is 6.07 Å². The highest BCUT2D eigenvalue weighted by atomic mass is 16.3. The summed E-state index contributed by atoms with van der Waals surface area (Å²) < 4.78 is 0. The van der Waals surface area contributed by atoms with E-state index in [4.69, 9.17) is 15.5 Å². The van der Waals surface area contributed by atoms with E-state index in [1.165, 1.54) is 6.20 Å². The summed E-state index contributed by atoms with van der Waals surface area (Å²) in [5.41, 5.74) is 0.388. The summed E-state index contributed by atoms with van der Waals surface area (Å²) in [7, 11) is 0. The molecule has 0 radical (unpaired) electrons. The summed E-state index contributed by atoms with van der Waals surface area (Å²) >= 11 is 0. The van der Waals surface area contributed by atoms with Gasteiger partial charge < -0.3 is 15.5 Å². The number of aliphatic hydroxyl groups excluding tert-OH is 2. The first-order valence-corrected chi connectivity index (χ1v) is 4.15. The van der Waals surface area contributed by atoms with Gasteiger partial charge in [0.05, 0.1) is 24.8 Å². The first kappa shape index (κ1) is 10.4. The molecule has 0 bridgehead atoms. The molecule has 0 aliphatic heterocycles. The molecule has 1 rings (SSSR count). The zero-order valence-corrected chi connectivity index (χ0v) is 7.51. The number of pyridine rings is 1. The fraction of sp³-hybridized carbons (Fsp3) is 0.333. The van der Waals surface area contributed by atoms with E-state index in [0.29, 0.717) is 11.4 Å². The molecule has 14 heavy (non-hydrogen) atoms. The standard InChI is InChI=1S/C9H11N3O2/c10-4-7-2-1-3-11-9(7)12-8(5-13)6-14/h1-3,8,13-14H,5-6H2,(H,11,12). The number of anilines is 1. The first-order valence-electron chi connectivity index (χ1n) is 4.15. The van der Waals surface area contributed by atoms with E-state index in [-0.39, 0.29) is 13.2 Å². The second-order valence-corrected chi connectivity index (χ2v) is 2.72. The van der Waals surface area contributed by atoms with Crippen LogP contribution in [0.5, 0.6) is 0 Å². The minimum Gasteiger partial charge on any atom is -0.394 e. The van der Waals surface area contributed by atoms with E-state index < -0.39 is 6.04 Å². The van der Waals surface area contributed by atoms with Crippen molar-refractivity contribution in [1.82, 2.24) is 4.98 Å². The van der Waals surface area contributed by atoms with E-state index >= 15 is 0 Å². The summed E-state index contributed by atoms with van der Waals surface area (Å²) in [6.45, 7) is -0.421. The lowest BCUT2D eigenvalue weighted by Gasteiger charge is -2.14. The summed E-state index contributed by atoms with van der Waals surface area (Å²) in [5, 5.41) is 29.1. The van der Waals surface area contributed by atoms with Crippen molar-refractivity contribution < 1.29 is 10.2 Å². The minimum absolute atomic E-state index is 0.210. The van der Waals surface area contributed by atoms with Gasteiger partial charge in [0.2, 0.25) is 0 Å². The number of nitriles is 1. The molecule has 3 N–H and O–H groups in total. The Hall–Kier alpha value is -1.64. The van der Waals surface area contributed by atoms with Crippen LogP contribution in [0, 0.1) is 11.3 Å². The molecule has 0 aromatic carbocycles. The van der Waals surface area contributed by atoms with Gasteiger partial charge in [0.25, 0.3) is 0 Å². The average molecular weight is 193 g/mol. The molecule has 74 valence electrons. The van der Waals surface area contributed by atoms with Gasteiger partial charge in [-0.1, -0.05) is 0 Å². The summed E-state index contributed by atoms with van der Waals surface area (Å²) in [4.78, 5) is 3.93. The van der Waals surface area contributed by atoms with Crippen molar-refractivity contribution in [1.29, 1.82) is 5.26 Å². The monoisotopic (exact) mass is 193 g/mol. The molecular weight excluding hydrogens is 182 g/mol.